The van der Waals surface area contributed by atoms with Gasteiger partial charge in [-0.25, -0.2) is 4.79 Å². The fraction of sp³-hybridized carbons (Fsp3) is 0.391. The monoisotopic (exact) mass is 460 g/mol. The number of hydrogen-bond donors (Lipinski definition) is 2. The Balaban J connectivity index is 2.06. The van der Waals surface area contributed by atoms with Gasteiger partial charge in [0.05, 0.1) is 26.5 Å². The predicted octanol–water partition coefficient (Wildman–Crippen LogP) is 5.98. The van der Waals surface area contributed by atoms with E-state index in [4.69, 9.17) is 26.1 Å². The number of nitrogens with one attached hydrogen (secondary N) is 1. The van der Waals surface area contributed by atoms with Crippen molar-refractivity contribution in [2.24, 2.45) is 0 Å². The minimum atomic E-state index is -1.19. The zero-order valence-electron chi connectivity index (χ0n) is 18.1. The van der Waals surface area contributed by atoms with Gasteiger partial charge >= 0.3 is 5.97 Å². The Labute approximate surface area is 190 Å². The lowest BCUT2D eigenvalue weighted by Gasteiger charge is -2.28. The van der Waals surface area contributed by atoms with Gasteiger partial charge in [-0.15, -0.1) is 11.3 Å². The number of anilines is 1. The van der Waals surface area contributed by atoms with Crippen molar-refractivity contribution in [1.29, 1.82) is 0 Å². The molecule has 164 valence electrons. The number of carboxylic acids is 1. The number of ether oxygens (including phenoxy) is 2. The molecule has 0 bridgehead atoms. The van der Waals surface area contributed by atoms with E-state index in [-0.39, 0.29) is 0 Å². The Morgan fingerprint density at radius 3 is 2.77 bits per heavy atom. The Morgan fingerprint density at radius 1 is 1.35 bits per heavy atom. The summed E-state index contributed by atoms with van der Waals surface area (Å²) in [6, 6.07) is 5.76. The number of thiophene rings is 1. The van der Waals surface area contributed by atoms with Gasteiger partial charge in [0.2, 0.25) is 0 Å². The second-order valence-electron chi connectivity index (χ2n) is 8.58. The minimum absolute atomic E-state index is 0.497. The Kier molecular flexibility index (Phi) is 5.62. The van der Waals surface area contributed by atoms with Gasteiger partial charge in [-0.1, -0.05) is 11.6 Å². The van der Waals surface area contributed by atoms with Crippen LogP contribution in [0.15, 0.2) is 18.2 Å². The number of halogens is 1. The van der Waals surface area contributed by atoms with Gasteiger partial charge < -0.3 is 19.9 Å². The minimum Gasteiger partial charge on any atom is -0.490 e. The van der Waals surface area contributed by atoms with E-state index in [1.54, 1.807) is 11.3 Å². The Bertz CT molecular complexity index is 1180. The van der Waals surface area contributed by atoms with E-state index in [1.165, 1.54) is 0 Å². The van der Waals surface area contributed by atoms with Crippen LogP contribution in [0.25, 0.3) is 21.3 Å². The molecule has 0 fully saturated rings. The number of aromatic nitrogens is 1. The van der Waals surface area contributed by atoms with Gasteiger partial charge in [0.15, 0.2) is 6.10 Å². The molecule has 0 amide bonds. The number of aryl methyl sites for hydroxylation is 2. The number of pyridine rings is 1. The summed E-state index contributed by atoms with van der Waals surface area (Å²) in [7, 11) is 0. The number of benzene rings is 1. The molecule has 1 aromatic carbocycles. The number of fused-ring (bicyclic) bond motifs is 2. The first-order valence-corrected chi connectivity index (χ1v) is 11.3. The van der Waals surface area contributed by atoms with Crippen LogP contribution in [-0.2, 0) is 9.53 Å². The van der Waals surface area contributed by atoms with Crippen LogP contribution in [0.2, 0.25) is 5.02 Å². The molecule has 1 aliphatic rings. The van der Waals surface area contributed by atoms with Crippen LogP contribution in [0.3, 0.4) is 0 Å². The number of carboxylic acid groups (broad SMARTS) is 1. The van der Waals surface area contributed by atoms with Crippen LogP contribution in [0, 0.1) is 13.8 Å². The standard InChI is InChI=1S/C23H25ClN2O4S/c1-11-10-14-21(31-11)17(13-6-7-15-19(18(13)24)25-8-9-29-15)16(12(2)26-14)20(22(27)28)30-23(3,4)5/h6-7,10,20,25H,8-9H2,1-5H3,(H,27,28)/t20-/m0/s1. The van der Waals surface area contributed by atoms with Crippen molar-refractivity contribution in [2.45, 2.75) is 46.3 Å². The summed E-state index contributed by atoms with van der Waals surface area (Å²) in [5, 5.41) is 13.9. The quantitative estimate of drug-likeness (QED) is 0.498. The molecule has 3 aromatic rings. The van der Waals surface area contributed by atoms with E-state index < -0.39 is 17.7 Å². The molecule has 0 spiro atoms. The summed E-state index contributed by atoms with van der Waals surface area (Å²) in [6.07, 6.45) is -1.19. The molecule has 0 aliphatic carbocycles. The average molecular weight is 461 g/mol. The van der Waals surface area contributed by atoms with Crippen molar-refractivity contribution in [3.8, 4) is 16.9 Å². The predicted molar refractivity (Wildman–Crippen MR) is 125 cm³/mol. The maximum atomic E-state index is 12.4. The first-order chi connectivity index (χ1) is 14.6. The number of carbonyl (C=O) groups is 1. The molecular weight excluding hydrogens is 436 g/mol. The van der Waals surface area contributed by atoms with E-state index in [9.17, 15) is 9.90 Å². The van der Waals surface area contributed by atoms with Crippen molar-refractivity contribution in [1.82, 2.24) is 4.98 Å². The fourth-order valence-electron chi connectivity index (χ4n) is 3.86. The highest BCUT2D eigenvalue weighted by Gasteiger charge is 2.33. The third-order valence-corrected chi connectivity index (χ3v) is 6.45. The van der Waals surface area contributed by atoms with Gasteiger partial charge in [-0.2, -0.15) is 0 Å². The largest absolute Gasteiger partial charge is 0.490 e. The van der Waals surface area contributed by atoms with Crippen molar-refractivity contribution in [2.75, 3.05) is 18.5 Å². The molecule has 2 N–H and O–H groups in total. The number of hydrogen-bond acceptors (Lipinski definition) is 6. The number of rotatable bonds is 4. The molecule has 31 heavy (non-hydrogen) atoms. The lowest BCUT2D eigenvalue weighted by molar-refractivity contribution is -0.160. The summed E-state index contributed by atoms with van der Waals surface area (Å²) in [6.45, 7) is 10.6. The lowest BCUT2D eigenvalue weighted by atomic mass is 9.93. The maximum Gasteiger partial charge on any atom is 0.337 e. The first kappa shape index (κ1) is 21.9. The van der Waals surface area contributed by atoms with Crippen molar-refractivity contribution < 1.29 is 19.4 Å². The van der Waals surface area contributed by atoms with Crippen LogP contribution in [-0.4, -0.2) is 34.8 Å². The second-order valence-corrected chi connectivity index (χ2v) is 10.2. The summed E-state index contributed by atoms with van der Waals surface area (Å²) in [5.41, 5.74) is 3.48. The zero-order chi connectivity index (χ0) is 22.5. The first-order valence-electron chi connectivity index (χ1n) is 10.1. The van der Waals surface area contributed by atoms with Gasteiger partial charge in [-0.05, 0) is 52.8 Å². The second kappa shape index (κ2) is 7.97. The van der Waals surface area contributed by atoms with E-state index in [0.29, 0.717) is 35.2 Å². The highest BCUT2D eigenvalue weighted by atomic mass is 35.5. The van der Waals surface area contributed by atoms with E-state index in [0.717, 1.165) is 31.9 Å². The molecule has 2 aromatic heterocycles. The summed E-state index contributed by atoms with van der Waals surface area (Å²) in [4.78, 5) is 18.2. The third kappa shape index (κ3) is 4.10. The van der Waals surface area contributed by atoms with Gasteiger partial charge in [0.25, 0.3) is 0 Å². The van der Waals surface area contributed by atoms with Crippen LogP contribution in [0.4, 0.5) is 5.69 Å². The van der Waals surface area contributed by atoms with Gasteiger partial charge in [0.1, 0.15) is 12.4 Å². The van der Waals surface area contributed by atoms with Crippen molar-refractivity contribution >= 4 is 44.8 Å². The van der Waals surface area contributed by atoms with E-state index in [2.05, 4.69) is 5.32 Å². The zero-order valence-corrected chi connectivity index (χ0v) is 19.7. The van der Waals surface area contributed by atoms with Crippen LogP contribution in [0.1, 0.15) is 43.0 Å². The highest BCUT2D eigenvalue weighted by Crippen LogP contribution is 2.48. The number of nitrogens with zero attached hydrogens (tertiary/aromatic N) is 1. The summed E-state index contributed by atoms with van der Waals surface area (Å²) >= 11 is 8.43. The molecule has 6 nitrogen and oxygen atoms in total. The molecule has 0 unspecified atom stereocenters. The molecule has 1 atom stereocenters. The topological polar surface area (TPSA) is 80.7 Å². The lowest BCUT2D eigenvalue weighted by Crippen LogP contribution is -2.28. The van der Waals surface area contributed by atoms with Gasteiger partial charge in [-0.3, -0.25) is 4.98 Å². The molecule has 0 saturated heterocycles. The summed E-state index contributed by atoms with van der Waals surface area (Å²) in [5.74, 6) is -0.379. The molecule has 3 heterocycles. The molecule has 0 saturated carbocycles. The molecular formula is C23H25ClN2O4S. The summed E-state index contributed by atoms with van der Waals surface area (Å²) < 4.78 is 12.6. The smallest absolute Gasteiger partial charge is 0.337 e. The van der Waals surface area contributed by atoms with Crippen molar-refractivity contribution in [3.63, 3.8) is 0 Å². The fourth-order valence-corrected chi connectivity index (χ4v) is 5.20. The average Bonchev–Trinajstić information content (AvgIpc) is 3.05. The molecule has 8 heteroatoms. The van der Waals surface area contributed by atoms with E-state index in [1.807, 2.05) is 52.8 Å². The van der Waals surface area contributed by atoms with Crippen LogP contribution < -0.4 is 10.1 Å². The van der Waals surface area contributed by atoms with E-state index >= 15 is 0 Å². The maximum absolute atomic E-state index is 12.4. The molecule has 4 rings (SSSR count). The Hall–Kier alpha value is -2.35. The SMILES string of the molecule is Cc1cc2nc(C)c([C@H](OC(C)(C)C)C(=O)O)c(-c3ccc4c(c3Cl)NCCO4)c2s1. The Morgan fingerprint density at radius 2 is 2.10 bits per heavy atom. The number of aliphatic carboxylic acids is 1. The van der Waals surface area contributed by atoms with Crippen LogP contribution >= 0.6 is 22.9 Å². The molecule has 1 aliphatic heterocycles. The third-order valence-electron chi connectivity index (χ3n) is 5.00. The van der Waals surface area contributed by atoms with Crippen molar-refractivity contribution in [3.05, 3.63) is 39.4 Å². The van der Waals surface area contributed by atoms with Gasteiger partial charge in [0, 0.05) is 33.8 Å². The highest BCUT2D eigenvalue weighted by molar-refractivity contribution is 7.19. The normalized spacial score (nSPS) is 14.6. The molecule has 0 radical (unpaired) electrons. The van der Waals surface area contributed by atoms with Crippen LogP contribution in [0.5, 0.6) is 5.75 Å².